The normalized spacial score (nSPS) is 11.2. The largest absolute Gasteiger partial charge is 0.507 e. The van der Waals surface area contributed by atoms with E-state index in [9.17, 15) is 5.11 Å². The predicted octanol–water partition coefficient (Wildman–Crippen LogP) is 3.50. The molecule has 0 unspecified atom stereocenters. The second-order valence-corrected chi connectivity index (χ2v) is 6.52. The summed E-state index contributed by atoms with van der Waals surface area (Å²) in [6, 6.07) is 8.88. The number of aryl methyl sites for hydroxylation is 3. The van der Waals surface area contributed by atoms with E-state index >= 15 is 0 Å². The number of phenolic OH excluding ortho intramolecular Hbond substituents is 1. The van der Waals surface area contributed by atoms with Crippen molar-refractivity contribution >= 4 is 28.0 Å². The summed E-state index contributed by atoms with van der Waals surface area (Å²) in [5.41, 5.74) is 6.11. The minimum absolute atomic E-state index is 0.149. The average Bonchev–Trinajstić information content (AvgIpc) is 2.89. The quantitative estimate of drug-likeness (QED) is 0.516. The summed E-state index contributed by atoms with van der Waals surface area (Å²) < 4.78 is 2.55. The molecule has 3 rings (SSSR count). The lowest BCUT2D eigenvalue weighted by molar-refractivity contribution is 0.474. The maximum Gasteiger partial charge on any atom is 0.253 e. The third-order valence-corrected chi connectivity index (χ3v) is 3.91. The van der Waals surface area contributed by atoms with Gasteiger partial charge in [-0.3, -0.25) is 5.43 Å². The standard InChI is InChI=1S/C17H17BrN6O/c1-10-7-16(21-17(20-10)24-12(3)6-11(2)23-24)22-19-9-13-8-14(18)4-5-15(13)25/h4-9,25H,1-3H3,(H,20,21,22). The molecule has 0 fully saturated rings. The van der Waals surface area contributed by atoms with Crippen molar-refractivity contribution in [2.24, 2.45) is 5.10 Å². The Labute approximate surface area is 153 Å². The molecule has 0 aliphatic heterocycles. The van der Waals surface area contributed by atoms with Crippen molar-refractivity contribution in [2.75, 3.05) is 5.43 Å². The number of benzene rings is 1. The molecule has 2 heterocycles. The van der Waals surface area contributed by atoms with Crippen LogP contribution < -0.4 is 5.43 Å². The molecule has 2 aromatic heterocycles. The summed E-state index contributed by atoms with van der Waals surface area (Å²) in [5, 5.41) is 18.4. The molecule has 1 aromatic carbocycles. The summed E-state index contributed by atoms with van der Waals surface area (Å²) >= 11 is 3.36. The van der Waals surface area contributed by atoms with E-state index in [0.717, 1.165) is 21.6 Å². The summed E-state index contributed by atoms with van der Waals surface area (Å²) in [5.74, 6) is 1.17. The second-order valence-electron chi connectivity index (χ2n) is 5.61. The van der Waals surface area contributed by atoms with Crippen LogP contribution in [0.1, 0.15) is 22.6 Å². The molecule has 128 valence electrons. The van der Waals surface area contributed by atoms with Gasteiger partial charge in [-0.05, 0) is 45.0 Å². The molecule has 0 aliphatic carbocycles. The predicted molar refractivity (Wildman–Crippen MR) is 100 cm³/mol. The monoisotopic (exact) mass is 400 g/mol. The van der Waals surface area contributed by atoms with E-state index in [1.165, 1.54) is 6.21 Å². The lowest BCUT2D eigenvalue weighted by Gasteiger charge is -2.06. The Hall–Kier alpha value is -2.74. The first-order chi connectivity index (χ1) is 11.9. The molecule has 0 amide bonds. The van der Waals surface area contributed by atoms with Gasteiger partial charge in [0.05, 0.1) is 11.9 Å². The number of hydrogen-bond acceptors (Lipinski definition) is 6. The van der Waals surface area contributed by atoms with Crippen molar-refractivity contribution < 1.29 is 5.11 Å². The Bertz CT molecular complexity index is 950. The number of rotatable bonds is 4. The fourth-order valence-electron chi connectivity index (χ4n) is 2.33. The van der Waals surface area contributed by atoms with E-state index in [2.05, 4.69) is 41.5 Å². The molecule has 0 saturated heterocycles. The summed E-state index contributed by atoms with van der Waals surface area (Å²) in [6.07, 6.45) is 1.53. The zero-order chi connectivity index (χ0) is 18.0. The molecule has 0 spiro atoms. The highest BCUT2D eigenvalue weighted by Crippen LogP contribution is 2.20. The van der Waals surface area contributed by atoms with Gasteiger partial charge >= 0.3 is 0 Å². The number of hydrogen-bond donors (Lipinski definition) is 2. The average molecular weight is 401 g/mol. The molecular weight excluding hydrogens is 384 g/mol. The number of anilines is 1. The van der Waals surface area contributed by atoms with Crippen molar-refractivity contribution in [1.82, 2.24) is 19.7 Å². The molecular formula is C17H17BrN6O. The van der Waals surface area contributed by atoms with Gasteiger partial charge in [-0.1, -0.05) is 15.9 Å². The number of aromatic hydroxyl groups is 1. The van der Waals surface area contributed by atoms with Crippen molar-refractivity contribution in [3.05, 3.63) is 57.4 Å². The first kappa shape index (κ1) is 17.1. The van der Waals surface area contributed by atoms with E-state index in [1.807, 2.05) is 26.8 Å². The van der Waals surface area contributed by atoms with Crippen LogP contribution in [-0.4, -0.2) is 31.1 Å². The Kier molecular flexibility index (Phi) is 4.80. The topological polar surface area (TPSA) is 88.2 Å². The molecule has 7 nitrogen and oxygen atoms in total. The van der Waals surface area contributed by atoms with Crippen molar-refractivity contribution in [3.63, 3.8) is 0 Å². The number of halogens is 1. The SMILES string of the molecule is Cc1cc(NN=Cc2cc(Br)ccc2O)nc(-n2nc(C)cc2C)n1. The van der Waals surface area contributed by atoms with Gasteiger partial charge < -0.3 is 5.11 Å². The third kappa shape index (κ3) is 4.03. The van der Waals surface area contributed by atoms with Crippen LogP contribution >= 0.6 is 15.9 Å². The minimum atomic E-state index is 0.149. The van der Waals surface area contributed by atoms with Crippen LogP contribution in [-0.2, 0) is 0 Å². The fraction of sp³-hybridized carbons (Fsp3) is 0.176. The number of hydrazone groups is 1. The van der Waals surface area contributed by atoms with E-state index in [1.54, 1.807) is 28.9 Å². The summed E-state index contributed by atoms with van der Waals surface area (Å²) in [7, 11) is 0. The van der Waals surface area contributed by atoms with Gasteiger partial charge in [-0.15, -0.1) is 0 Å². The summed E-state index contributed by atoms with van der Waals surface area (Å²) in [4.78, 5) is 8.86. The summed E-state index contributed by atoms with van der Waals surface area (Å²) in [6.45, 7) is 5.76. The van der Waals surface area contributed by atoms with Gasteiger partial charge in [0.15, 0.2) is 5.82 Å². The van der Waals surface area contributed by atoms with Crippen LogP contribution in [0, 0.1) is 20.8 Å². The van der Waals surface area contributed by atoms with E-state index in [4.69, 9.17) is 0 Å². The van der Waals surface area contributed by atoms with E-state index in [-0.39, 0.29) is 5.75 Å². The zero-order valence-corrected chi connectivity index (χ0v) is 15.6. The van der Waals surface area contributed by atoms with E-state index in [0.29, 0.717) is 17.3 Å². The molecule has 8 heteroatoms. The van der Waals surface area contributed by atoms with Crippen LogP contribution in [0.25, 0.3) is 5.95 Å². The highest BCUT2D eigenvalue weighted by molar-refractivity contribution is 9.10. The lowest BCUT2D eigenvalue weighted by Crippen LogP contribution is -2.08. The van der Waals surface area contributed by atoms with Crippen LogP contribution in [0.5, 0.6) is 5.75 Å². The van der Waals surface area contributed by atoms with Gasteiger partial charge in [0, 0.05) is 27.5 Å². The van der Waals surface area contributed by atoms with Crippen molar-refractivity contribution in [1.29, 1.82) is 0 Å². The molecule has 2 N–H and O–H groups in total. The highest BCUT2D eigenvalue weighted by atomic mass is 79.9. The van der Waals surface area contributed by atoms with Crippen molar-refractivity contribution in [2.45, 2.75) is 20.8 Å². The van der Waals surface area contributed by atoms with Crippen LogP contribution in [0.2, 0.25) is 0 Å². The zero-order valence-electron chi connectivity index (χ0n) is 14.0. The Morgan fingerprint density at radius 1 is 1.12 bits per heavy atom. The van der Waals surface area contributed by atoms with Gasteiger partial charge in [-0.2, -0.15) is 15.2 Å². The molecule has 25 heavy (non-hydrogen) atoms. The molecule has 3 aromatic rings. The van der Waals surface area contributed by atoms with Gasteiger partial charge in [0.25, 0.3) is 5.95 Å². The third-order valence-electron chi connectivity index (χ3n) is 3.41. The van der Waals surface area contributed by atoms with Crippen LogP contribution in [0.15, 0.2) is 39.9 Å². The first-order valence-corrected chi connectivity index (χ1v) is 8.38. The maximum atomic E-state index is 9.82. The smallest absolute Gasteiger partial charge is 0.253 e. The molecule has 0 aliphatic rings. The molecule has 0 radical (unpaired) electrons. The molecule has 0 atom stereocenters. The Morgan fingerprint density at radius 2 is 1.92 bits per heavy atom. The molecule has 0 saturated carbocycles. The van der Waals surface area contributed by atoms with Gasteiger partial charge in [0.1, 0.15) is 5.75 Å². The number of nitrogens with one attached hydrogen (secondary N) is 1. The number of nitrogens with zero attached hydrogens (tertiary/aromatic N) is 5. The molecule has 0 bridgehead atoms. The lowest BCUT2D eigenvalue weighted by atomic mass is 10.2. The first-order valence-electron chi connectivity index (χ1n) is 7.59. The van der Waals surface area contributed by atoms with E-state index < -0.39 is 0 Å². The van der Waals surface area contributed by atoms with Gasteiger partial charge in [-0.25, -0.2) is 9.67 Å². The Balaban J connectivity index is 1.85. The fourth-order valence-corrected chi connectivity index (χ4v) is 2.71. The van der Waals surface area contributed by atoms with Crippen LogP contribution in [0.3, 0.4) is 0 Å². The Morgan fingerprint density at radius 3 is 2.64 bits per heavy atom. The van der Waals surface area contributed by atoms with Crippen LogP contribution in [0.4, 0.5) is 5.82 Å². The number of phenols is 1. The van der Waals surface area contributed by atoms with Gasteiger partial charge in [0.2, 0.25) is 0 Å². The number of aromatic nitrogens is 4. The van der Waals surface area contributed by atoms with Crippen molar-refractivity contribution in [3.8, 4) is 11.7 Å². The maximum absolute atomic E-state index is 9.82. The second kappa shape index (κ2) is 7.02. The highest BCUT2D eigenvalue weighted by Gasteiger charge is 2.08. The minimum Gasteiger partial charge on any atom is -0.507 e.